The number of halogens is 1. The van der Waals surface area contributed by atoms with E-state index in [9.17, 15) is 23.6 Å². The van der Waals surface area contributed by atoms with Gasteiger partial charge in [0.15, 0.2) is 0 Å². The summed E-state index contributed by atoms with van der Waals surface area (Å²) < 4.78 is 13.7. The largest absolute Gasteiger partial charge is 0.296 e. The molecular weight excluding hydrogens is 353 g/mol. The highest BCUT2D eigenvalue weighted by Gasteiger charge is 2.60. The number of hydrogen-bond donors (Lipinski definition) is 3. The van der Waals surface area contributed by atoms with E-state index >= 15 is 0 Å². The Balaban J connectivity index is 1.76. The first-order chi connectivity index (χ1) is 12.5. The van der Waals surface area contributed by atoms with E-state index in [1.165, 1.54) is 18.2 Å². The van der Waals surface area contributed by atoms with Gasteiger partial charge >= 0.3 is 0 Å². The summed E-state index contributed by atoms with van der Waals surface area (Å²) in [5, 5.41) is 2.40. The zero-order valence-electron chi connectivity index (χ0n) is 15.4. The van der Waals surface area contributed by atoms with E-state index in [-0.39, 0.29) is 30.2 Å². The molecule has 7 nitrogen and oxygen atoms in total. The van der Waals surface area contributed by atoms with Gasteiger partial charge in [0.05, 0.1) is 11.0 Å². The molecule has 4 amide bonds. The first kappa shape index (κ1) is 19.0. The molecule has 0 radical (unpaired) electrons. The maximum absolute atomic E-state index is 13.7. The predicted octanol–water partition coefficient (Wildman–Crippen LogP) is 1.45. The topological polar surface area (TPSA) is 104 Å². The molecule has 2 bridgehead atoms. The first-order valence-corrected chi connectivity index (χ1v) is 8.70. The van der Waals surface area contributed by atoms with Crippen molar-refractivity contribution in [1.82, 2.24) is 16.2 Å². The molecule has 1 saturated heterocycles. The normalized spacial score (nSPS) is 32.4. The predicted molar refractivity (Wildman–Crippen MR) is 93.3 cm³/mol. The van der Waals surface area contributed by atoms with Crippen molar-refractivity contribution in [1.29, 1.82) is 0 Å². The van der Waals surface area contributed by atoms with Crippen LogP contribution in [0.1, 0.15) is 50.4 Å². The maximum atomic E-state index is 13.7. The zero-order chi connectivity index (χ0) is 20.0. The summed E-state index contributed by atoms with van der Waals surface area (Å²) >= 11 is 0. The Labute approximate surface area is 156 Å². The number of nitrogens with one attached hydrogen (secondary N) is 3. The highest BCUT2D eigenvalue weighted by atomic mass is 19.1. The van der Waals surface area contributed by atoms with E-state index in [2.05, 4.69) is 16.2 Å². The van der Waals surface area contributed by atoms with E-state index in [1.807, 2.05) is 0 Å². The maximum Gasteiger partial charge on any atom is 0.272 e. The van der Waals surface area contributed by atoms with Crippen LogP contribution >= 0.6 is 0 Å². The molecule has 8 heteroatoms. The van der Waals surface area contributed by atoms with Gasteiger partial charge in [0, 0.05) is 10.8 Å². The molecule has 0 aromatic heterocycles. The van der Waals surface area contributed by atoms with Gasteiger partial charge in [0.1, 0.15) is 5.82 Å². The number of hydrogen-bond acceptors (Lipinski definition) is 4. The van der Waals surface area contributed by atoms with Gasteiger partial charge in [-0.3, -0.25) is 35.3 Å². The Bertz CT molecular complexity index is 827. The summed E-state index contributed by atoms with van der Waals surface area (Å²) in [5.41, 5.74) is 1.58. The SMILES string of the molecule is CC1(C(=O)NNC(=O)c2ccccc2F)CC2(C)CC(C)(C1)C(=O)NC2=O. The summed E-state index contributed by atoms with van der Waals surface area (Å²) in [6.45, 7) is 5.13. The molecule has 2 unspecified atom stereocenters. The van der Waals surface area contributed by atoms with E-state index < -0.39 is 33.9 Å². The van der Waals surface area contributed by atoms with Crippen molar-refractivity contribution in [2.75, 3.05) is 0 Å². The number of fused-ring (bicyclic) bond motifs is 2. The minimum absolute atomic E-state index is 0.197. The van der Waals surface area contributed by atoms with Gasteiger partial charge < -0.3 is 0 Å². The summed E-state index contributed by atoms with van der Waals surface area (Å²) in [5.74, 6) is -2.79. The van der Waals surface area contributed by atoms with E-state index in [4.69, 9.17) is 0 Å². The van der Waals surface area contributed by atoms with Crippen LogP contribution in [0.2, 0.25) is 0 Å². The molecule has 1 aliphatic carbocycles. The summed E-state index contributed by atoms with van der Waals surface area (Å²) in [6, 6.07) is 5.41. The molecule has 1 aromatic rings. The van der Waals surface area contributed by atoms with Gasteiger partial charge in [-0.05, 0) is 31.4 Å². The third kappa shape index (κ3) is 3.20. The average Bonchev–Trinajstić information content (AvgIpc) is 2.57. The Morgan fingerprint density at radius 3 is 2.07 bits per heavy atom. The molecule has 27 heavy (non-hydrogen) atoms. The van der Waals surface area contributed by atoms with Crippen LogP contribution in [0.25, 0.3) is 0 Å². The standard InChI is InChI=1S/C19H22FN3O4/c1-17-8-18(2,15(26)21-14(17)25)10-19(3,9-17)16(27)23-22-13(24)11-6-4-5-7-12(11)20/h4-7H,8-10H2,1-3H3,(H,22,24)(H,23,27)(H,21,25,26). The number of benzene rings is 1. The number of carbonyl (C=O) groups excluding carboxylic acids is 4. The number of imide groups is 1. The number of carbonyl (C=O) groups is 4. The molecule has 1 aromatic carbocycles. The van der Waals surface area contributed by atoms with E-state index in [1.54, 1.807) is 20.8 Å². The molecule has 2 aliphatic rings. The van der Waals surface area contributed by atoms with E-state index in [0.717, 1.165) is 6.07 Å². The van der Waals surface area contributed by atoms with Crippen LogP contribution in [0.4, 0.5) is 4.39 Å². The lowest BCUT2D eigenvalue weighted by atomic mass is 9.52. The minimum atomic E-state index is -1.04. The van der Waals surface area contributed by atoms with Crippen LogP contribution < -0.4 is 16.2 Å². The zero-order valence-corrected chi connectivity index (χ0v) is 15.4. The summed E-state index contributed by atoms with van der Waals surface area (Å²) in [4.78, 5) is 49.5. The molecule has 0 spiro atoms. The monoisotopic (exact) mass is 375 g/mol. The number of amides is 4. The van der Waals surface area contributed by atoms with Crippen molar-refractivity contribution in [2.24, 2.45) is 16.2 Å². The Hall–Kier alpha value is -2.77. The second kappa shape index (κ2) is 6.14. The first-order valence-electron chi connectivity index (χ1n) is 8.70. The molecule has 1 saturated carbocycles. The lowest BCUT2D eigenvalue weighted by Crippen LogP contribution is -2.64. The highest BCUT2D eigenvalue weighted by Crippen LogP contribution is 2.56. The van der Waals surface area contributed by atoms with Gasteiger partial charge in [-0.15, -0.1) is 0 Å². The van der Waals surface area contributed by atoms with Gasteiger partial charge in [0.25, 0.3) is 5.91 Å². The second-order valence-electron chi connectivity index (χ2n) is 8.38. The van der Waals surface area contributed by atoms with Crippen LogP contribution in [-0.4, -0.2) is 23.6 Å². The number of piperidine rings is 1. The number of hydrazine groups is 1. The Morgan fingerprint density at radius 2 is 1.52 bits per heavy atom. The molecule has 3 rings (SSSR count). The fourth-order valence-electron chi connectivity index (χ4n) is 4.63. The van der Waals surface area contributed by atoms with Gasteiger partial charge in [-0.1, -0.05) is 32.9 Å². The summed E-state index contributed by atoms with van der Waals surface area (Å²) in [6.07, 6.45) is 0.835. The molecule has 2 fully saturated rings. The van der Waals surface area contributed by atoms with Crippen LogP contribution in [0.3, 0.4) is 0 Å². The Morgan fingerprint density at radius 1 is 0.963 bits per heavy atom. The van der Waals surface area contributed by atoms with Crippen LogP contribution in [0.15, 0.2) is 24.3 Å². The Kier molecular flexibility index (Phi) is 4.32. The summed E-state index contributed by atoms with van der Waals surface area (Å²) in [7, 11) is 0. The second-order valence-corrected chi connectivity index (χ2v) is 8.38. The molecule has 3 N–H and O–H groups in total. The lowest BCUT2D eigenvalue weighted by Gasteiger charge is -2.53. The van der Waals surface area contributed by atoms with Crippen LogP contribution in [0, 0.1) is 22.1 Å². The van der Waals surface area contributed by atoms with Crippen molar-refractivity contribution >= 4 is 23.6 Å². The minimum Gasteiger partial charge on any atom is -0.296 e. The molecule has 1 aliphatic heterocycles. The quantitative estimate of drug-likeness (QED) is 0.537. The lowest BCUT2D eigenvalue weighted by molar-refractivity contribution is -0.164. The third-order valence-corrected chi connectivity index (χ3v) is 5.62. The molecule has 1 heterocycles. The smallest absolute Gasteiger partial charge is 0.272 e. The van der Waals surface area contributed by atoms with Crippen molar-refractivity contribution in [2.45, 2.75) is 40.0 Å². The van der Waals surface area contributed by atoms with E-state index in [0.29, 0.717) is 6.42 Å². The van der Waals surface area contributed by atoms with Gasteiger partial charge in [-0.25, -0.2) is 4.39 Å². The highest BCUT2D eigenvalue weighted by molar-refractivity contribution is 6.04. The number of rotatable bonds is 2. The van der Waals surface area contributed by atoms with Crippen LogP contribution in [-0.2, 0) is 14.4 Å². The molecule has 2 atom stereocenters. The molecular formula is C19H22FN3O4. The fourth-order valence-corrected chi connectivity index (χ4v) is 4.63. The van der Waals surface area contributed by atoms with Crippen LogP contribution in [0.5, 0.6) is 0 Å². The molecule has 144 valence electrons. The van der Waals surface area contributed by atoms with Crippen molar-refractivity contribution in [3.8, 4) is 0 Å². The third-order valence-electron chi connectivity index (χ3n) is 5.62. The van der Waals surface area contributed by atoms with Gasteiger partial charge in [0.2, 0.25) is 17.7 Å². The van der Waals surface area contributed by atoms with Gasteiger partial charge in [-0.2, -0.15) is 0 Å². The van der Waals surface area contributed by atoms with Crippen molar-refractivity contribution in [3.63, 3.8) is 0 Å². The fraction of sp³-hybridized carbons (Fsp3) is 0.474. The average molecular weight is 375 g/mol. The van der Waals surface area contributed by atoms with Crippen molar-refractivity contribution in [3.05, 3.63) is 35.6 Å². The van der Waals surface area contributed by atoms with Crippen molar-refractivity contribution < 1.29 is 23.6 Å².